The number of hydrogen-bond donors (Lipinski definition) is 2. The standard InChI is InChI=1S/C5H10O3S2/c6-5(7-1-3-9)8-2-4-10/h9-10H,1-4H2. The van der Waals surface area contributed by atoms with E-state index in [0.29, 0.717) is 11.5 Å². The molecule has 0 spiro atoms. The molecule has 0 amide bonds. The fraction of sp³-hybridized carbons (Fsp3) is 0.800. The molecule has 0 aromatic rings. The first-order valence-electron chi connectivity index (χ1n) is 2.82. The van der Waals surface area contributed by atoms with E-state index in [9.17, 15) is 4.79 Å². The first-order chi connectivity index (χ1) is 4.81. The van der Waals surface area contributed by atoms with Gasteiger partial charge in [0.1, 0.15) is 13.2 Å². The zero-order valence-electron chi connectivity index (χ0n) is 5.45. The Balaban J connectivity index is 3.09. The molecule has 0 atom stereocenters. The topological polar surface area (TPSA) is 35.5 Å². The number of ether oxygens (including phenoxy) is 2. The number of thiol groups is 2. The molecular formula is C5H10O3S2. The minimum Gasteiger partial charge on any atom is -0.433 e. The minimum atomic E-state index is -0.650. The van der Waals surface area contributed by atoms with Crippen LogP contribution in [0.5, 0.6) is 0 Å². The van der Waals surface area contributed by atoms with Crippen molar-refractivity contribution in [1.82, 2.24) is 0 Å². The van der Waals surface area contributed by atoms with E-state index in [4.69, 9.17) is 0 Å². The summed E-state index contributed by atoms with van der Waals surface area (Å²) in [6.07, 6.45) is -0.650. The van der Waals surface area contributed by atoms with Crippen molar-refractivity contribution in [1.29, 1.82) is 0 Å². The molecule has 0 radical (unpaired) electrons. The molecule has 60 valence electrons. The van der Waals surface area contributed by atoms with Crippen LogP contribution < -0.4 is 0 Å². The summed E-state index contributed by atoms with van der Waals surface area (Å²) in [5, 5.41) is 0. The van der Waals surface area contributed by atoms with E-state index in [1.165, 1.54) is 0 Å². The van der Waals surface area contributed by atoms with Crippen LogP contribution in [0.15, 0.2) is 0 Å². The zero-order chi connectivity index (χ0) is 7.82. The third-order valence-electron chi connectivity index (χ3n) is 0.622. The van der Waals surface area contributed by atoms with E-state index >= 15 is 0 Å². The molecule has 0 rings (SSSR count). The van der Waals surface area contributed by atoms with Crippen molar-refractivity contribution in [2.24, 2.45) is 0 Å². The van der Waals surface area contributed by atoms with Gasteiger partial charge in [-0.3, -0.25) is 0 Å². The number of carbonyl (C=O) groups is 1. The Labute approximate surface area is 70.9 Å². The normalized spacial score (nSPS) is 9.00. The largest absolute Gasteiger partial charge is 0.508 e. The van der Waals surface area contributed by atoms with Crippen molar-refractivity contribution in [2.45, 2.75) is 0 Å². The third kappa shape index (κ3) is 6.10. The average Bonchev–Trinajstić information content (AvgIpc) is 1.97. The van der Waals surface area contributed by atoms with Crippen LogP contribution in [0.4, 0.5) is 4.79 Å². The minimum absolute atomic E-state index is 0.286. The van der Waals surface area contributed by atoms with Crippen molar-refractivity contribution in [3.05, 3.63) is 0 Å². The fourth-order valence-corrected chi connectivity index (χ4v) is 0.482. The lowest BCUT2D eigenvalue weighted by atomic mass is 10.8. The summed E-state index contributed by atoms with van der Waals surface area (Å²) in [5.41, 5.74) is 0. The van der Waals surface area contributed by atoms with Gasteiger partial charge in [0.2, 0.25) is 0 Å². The van der Waals surface area contributed by atoms with Gasteiger partial charge in [0.15, 0.2) is 0 Å². The molecular weight excluding hydrogens is 172 g/mol. The summed E-state index contributed by atoms with van der Waals surface area (Å²) in [5.74, 6) is 1.02. The summed E-state index contributed by atoms with van der Waals surface area (Å²) >= 11 is 7.68. The summed E-state index contributed by atoms with van der Waals surface area (Å²) < 4.78 is 9.04. The molecule has 0 unspecified atom stereocenters. The number of rotatable bonds is 4. The zero-order valence-corrected chi connectivity index (χ0v) is 7.24. The maximum atomic E-state index is 10.4. The Morgan fingerprint density at radius 1 is 1.10 bits per heavy atom. The third-order valence-corrected chi connectivity index (χ3v) is 0.988. The SMILES string of the molecule is O=C(OCCS)OCCS. The number of carbonyl (C=O) groups excluding carboxylic acids is 1. The van der Waals surface area contributed by atoms with Crippen LogP contribution in [0.3, 0.4) is 0 Å². The summed E-state index contributed by atoms with van der Waals surface area (Å²) in [6, 6.07) is 0. The summed E-state index contributed by atoms with van der Waals surface area (Å²) in [6.45, 7) is 0.572. The lowest BCUT2D eigenvalue weighted by Gasteiger charge is -2.01. The number of hydrogen-bond acceptors (Lipinski definition) is 5. The Morgan fingerprint density at radius 3 is 1.80 bits per heavy atom. The average molecular weight is 182 g/mol. The van der Waals surface area contributed by atoms with E-state index in [2.05, 4.69) is 34.7 Å². The highest BCUT2D eigenvalue weighted by Crippen LogP contribution is 1.86. The van der Waals surface area contributed by atoms with Crippen molar-refractivity contribution >= 4 is 31.4 Å². The van der Waals surface area contributed by atoms with Gasteiger partial charge in [-0.05, 0) is 0 Å². The van der Waals surface area contributed by atoms with Crippen molar-refractivity contribution in [3.63, 3.8) is 0 Å². The van der Waals surface area contributed by atoms with Gasteiger partial charge in [0.05, 0.1) is 0 Å². The Kier molecular flexibility index (Phi) is 7.06. The highest BCUT2D eigenvalue weighted by atomic mass is 32.1. The molecule has 0 fully saturated rings. The highest BCUT2D eigenvalue weighted by molar-refractivity contribution is 7.80. The Morgan fingerprint density at radius 2 is 1.50 bits per heavy atom. The van der Waals surface area contributed by atoms with Crippen LogP contribution in [0, 0.1) is 0 Å². The maximum absolute atomic E-state index is 10.4. The second-order valence-electron chi connectivity index (χ2n) is 1.39. The maximum Gasteiger partial charge on any atom is 0.508 e. The molecule has 0 aliphatic carbocycles. The van der Waals surface area contributed by atoms with Gasteiger partial charge < -0.3 is 9.47 Å². The fourth-order valence-electron chi connectivity index (χ4n) is 0.300. The van der Waals surface area contributed by atoms with Gasteiger partial charge in [-0.2, -0.15) is 25.3 Å². The molecule has 3 nitrogen and oxygen atoms in total. The molecule has 10 heavy (non-hydrogen) atoms. The second kappa shape index (κ2) is 7.08. The molecule has 0 saturated heterocycles. The van der Waals surface area contributed by atoms with E-state index in [1.807, 2.05) is 0 Å². The van der Waals surface area contributed by atoms with E-state index in [0.717, 1.165) is 0 Å². The first-order valence-corrected chi connectivity index (χ1v) is 4.09. The molecule has 0 bridgehead atoms. The summed E-state index contributed by atoms with van der Waals surface area (Å²) in [4.78, 5) is 10.4. The predicted octanol–water partition coefficient (Wildman–Crippen LogP) is 0.999. The highest BCUT2D eigenvalue weighted by Gasteiger charge is 1.99. The van der Waals surface area contributed by atoms with Gasteiger partial charge in [0, 0.05) is 11.5 Å². The molecule has 0 aliphatic heterocycles. The van der Waals surface area contributed by atoms with Crippen LogP contribution in [0.2, 0.25) is 0 Å². The molecule has 0 N–H and O–H groups in total. The predicted molar refractivity (Wildman–Crippen MR) is 45.0 cm³/mol. The lowest BCUT2D eigenvalue weighted by Crippen LogP contribution is -2.10. The van der Waals surface area contributed by atoms with Gasteiger partial charge >= 0.3 is 6.16 Å². The smallest absolute Gasteiger partial charge is 0.433 e. The summed E-state index contributed by atoms with van der Waals surface area (Å²) in [7, 11) is 0. The van der Waals surface area contributed by atoms with Crippen molar-refractivity contribution in [3.8, 4) is 0 Å². The van der Waals surface area contributed by atoms with E-state index < -0.39 is 6.16 Å². The molecule has 0 aromatic heterocycles. The molecule has 0 saturated carbocycles. The molecule has 0 aromatic carbocycles. The monoisotopic (exact) mass is 182 g/mol. The van der Waals surface area contributed by atoms with Gasteiger partial charge in [0.25, 0.3) is 0 Å². The van der Waals surface area contributed by atoms with Crippen LogP contribution in [-0.4, -0.2) is 30.9 Å². The van der Waals surface area contributed by atoms with Crippen molar-refractivity contribution in [2.75, 3.05) is 24.7 Å². The first kappa shape index (κ1) is 9.97. The Hall–Kier alpha value is -0.0300. The molecule has 0 heterocycles. The van der Waals surface area contributed by atoms with E-state index in [1.54, 1.807) is 0 Å². The second-order valence-corrected chi connectivity index (χ2v) is 2.29. The molecule has 5 heteroatoms. The van der Waals surface area contributed by atoms with Crippen LogP contribution in [0.25, 0.3) is 0 Å². The van der Waals surface area contributed by atoms with Crippen molar-refractivity contribution < 1.29 is 14.3 Å². The van der Waals surface area contributed by atoms with Crippen LogP contribution in [0.1, 0.15) is 0 Å². The lowest BCUT2D eigenvalue weighted by molar-refractivity contribution is 0.0646. The Bertz CT molecular complexity index is 86.9. The van der Waals surface area contributed by atoms with E-state index in [-0.39, 0.29) is 13.2 Å². The van der Waals surface area contributed by atoms with Gasteiger partial charge in [-0.15, -0.1) is 0 Å². The quantitative estimate of drug-likeness (QED) is 0.503. The molecule has 0 aliphatic rings. The van der Waals surface area contributed by atoms with Gasteiger partial charge in [-0.1, -0.05) is 0 Å². The van der Waals surface area contributed by atoms with Crippen LogP contribution in [-0.2, 0) is 9.47 Å². The van der Waals surface area contributed by atoms with Crippen LogP contribution >= 0.6 is 25.3 Å². The van der Waals surface area contributed by atoms with Gasteiger partial charge in [-0.25, -0.2) is 4.79 Å².